The zero-order valence-electron chi connectivity index (χ0n) is 11.8. The maximum Gasteiger partial charge on any atom is 0.389 e. The van der Waals surface area contributed by atoms with Gasteiger partial charge in [-0.2, -0.15) is 13.2 Å². The monoisotopic (exact) mass is 283 g/mol. The van der Waals surface area contributed by atoms with Crippen LogP contribution in [0.2, 0.25) is 0 Å². The van der Waals surface area contributed by atoms with Gasteiger partial charge in [0.05, 0.1) is 12.0 Å². The average molecular weight is 283 g/mol. The maximum absolute atomic E-state index is 12.2. The quantitative estimate of drug-likeness (QED) is 0.696. The summed E-state index contributed by atoms with van der Waals surface area (Å²) < 4.78 is 41.6. The SMILES string of the molecule is CCOC(=O)C(CN)(CCCC(F)(F)F)CC(C)C. The van der Waals surface area contributed by atoms with E-state index < -0.39 is 24.0 Å². The molecule has 0 saturated heterocycles. The highest BCUT2D eigenvalue weighted by atomic mass is 19.4. The number of esters is 1. The summed E-state index contributed by atoms with van der Waals surface area (Å²) in [6, 6.07) is 0. The molecule has 0 heterocycles. The van der Waals surface area contributed by atoms with Crippen molar-refractivity contribution in [1.82, 2.24) is 0 Å². The highest BCUT2D eigenvalue weighted by Crippen LogP contribution is 2.35. The van der Waals surface area contributed by atoms with Crippen LogP contribution < -0.4 is 5.73 Å². The summed E-state index contributed by atoms with van der Waals surface area (Å²) in [7, 11) is 0. The number of nitrogens with two attached hydrogens (primary N) is 1. The van der Waals surface area contributed by atoms with Gasteiger partial charge >= 0.3 is 12.1 Å². The van der Waals surface area contributed by atoms with Gasteiger partial charge in [0.2, 0.25) is 0 Å². The molecule has 0 amide bonds. The molecule has 6 heteroatoms. The van der Waals surface area contributed by atoms with Crippen molar-refractivity contribution in [1.29, 1.82) is 0 Å². The lowest BCUT2D eigenvalue weighted by molar-refractivity contribution is -0.159. The van der Waals surface area contributed by atoms with E-state index in [0.29, 0.717) is 6.42 Å². The smallest absolute Gasteiger partial charge is 0.389 e. The minimum atomic E-state index is -4.20. The molecule has 0 radical (unpaired) electrons. The molecule has 0 aliphatic carbocycles. The predicted octanol–water partition coefficient (Wildman–Crippen LogP) is 3.27. The zero-order chi connectivity index (χ0) is 15.1. The summed E-state index contributed by atoms with van der Waals surface area (Å²) in [6.45, 7) is 5.71. The number of hydrogen-bond acceptors (Lipinski definition) is 3. The molecule has 0 aliphatic heterocycles. The summed E-state index contributed by atoms with van der Waals surface area (Å²) in [5, 5.41) is 0. The van der Waals surface area contributed by atoms with Crippen LogP contribution in [-0.2, 0) is 9.53 Å². The Hall–Kier alpha value is -0.780. The van der Waals surface area contributed by atoms with E-state index in [2.05, 4.69) is 0 Å². The van der Waals surface area contributed by atoms with E-state index in [0.717, 1.165) is 0 Å². The summed E-state index contributed by atoms with van der Waals surface area (Å²) in [5.41, 5.74) is 4.66. The first-order chi connectivity index (χ1) is 8.67. The van der Waals surface area contributed by atoms with Crippen molar-refractivity contribution >= 4 is 5.97 Å². The van der Waals surface area contributed by atoms with E-state index in [-0.39, 0.29) is 31.9 Å². The van der Waals surface area contributed by atoms with E-state index in [1.54, 1.807) is 6.92 Å². The van der Waals surface area contributed by atoms with Crippen LogP contribution in [0.3, 0.4) is 0 Å². The lowest BCUT2D eigenvalue weighted by Gasteiger charge is -2.31. The van der Waals surface area contributed by atoms with Crippen LogP contribution >= 0.6 is 0 Å². The first-order valence-electron chi connectivity index (χ1n) is 6.61. The molecule has 0 aromatic rings. The van der Waals surface area contributed by atoms with Gasteiger partial charge in [0.1, 0.15) is 0 Å². The summed E-state index contributed by atoms with van der Waals surface area (Å²) >= 11 is 0. The van der Waals surface area contributed by atoms with Crippen molar-refractivity contribution in [2.75, 3.05) is 13.2 Å². The minimum absolute atomic E-state index is 0.0157. The molecule has 19 heavy (non-hydrogen) atoms. The van der Waals surface area contributed by atoms with Crippen molar-refractivity contribution in [3.05, 3.63) is 0 Å². The third kappa shape index (κ3) is 6.80. The molecule has 0 rings (SSSR count). The Morgan fingerprint density at radius 1 is 1.26 bits per heavy atom. The van der Waals surface area contributed by atoms with Crippen molar-refractivity contribution in [2.45, 2.75) is 52.6 Å². The lowest BCUT2D eigenvalue weighted by atomic mass is 9.76. The fourth-order valence-corrected chi connectivity index (χ4v) is 2.25. The van der Waals surface area contributed by atoms with Crippen LogP contribution in [0.25, 0.3) is 0 Å². The minimum Gasteiger partial charge on any atom is -0.466 e. The van der Waals surface area contributed by atoms with Crippen molar-refractivity contribution in [2.24, 2.45) is 17.1 Å². The van der Waals surface area contributed by atoms with Crippen LogP contribution in [-0.4, -0.2) is 25.3 Å². The topological polar surface area (TPSA) is 52.3 Å². The molecule has 114 valence electrons. The third-order valence-electron chi connectivity index (χ3n) is 3.01. The van der Waals surface area contributed by atoms with Crippen molar-refractivity contribution < 1.29 is 22.7 Å². The normalized spacial score (nSPS) is 15.4. The van der Waals surface area contributed by atoms with Gasteiger partial charge in [-0.05, 0) is 32.1 Å². The lowest BCUT2D eigenvalue weighted by Crippen LogP contribution is -2.41. The molecule has 0 spiro atoms. The second kappa shape index (κ2) is 7.72. The van der Waals surface area contributed by atoms with Crippen LogP contribution in [0.5, 0.6) is 0 Å². The molecular formula is C13H24F3NO2. The van der Waals surface area contributed by atoms with E-state index in [4.69, 9.17) is 10.5 Å². The Kier molecular flexibility index (Phi) is 7.41. The standard InChI is InChI=1S/C13H24F3NO2/c1-4-19-11(18)12(9-17,8-10(2)3)6-5-7-13(14,15)16/h10H,4-9,17H2,1-3H3. The highest BCUT2D eigenvalue weighted by Gasteiger charge is 2.40. The number of alkyl halides is 3. The number of rotatable bonds is 8. The van der Waals surface area contributed by atoms with E-state index in [9.17, 15) is 18.0 Å². The Balaban J connectivity index is 4.77. The van der Waals surface area contributed by atoms with Crippen LogP contribution in [0, 0.1) is 11.3 Å². The van der Waals surface area contributed by atoms with Gasteiger partial charge in [-0.3, -0.25) is 4.79 Å². The zero-order valence-corrected chi connectivity index (χ0v) is 11.8. The van der Waals surface area contributed by atoms with Gasteiger partial charge in [0, 0.05) is 13.0 Å². The third-order valence-corrected chi connectivity index (χ3v) is 3.01. The van der Waals surface area contributed by atoms with E-state index in [1.807, 2.05) is 13.8 Å². The van der Waals surface area contributed by atoms with E-state index >= 15 is 0 Å². The van der Waals surface area contributed by atoms with Gasteiger partial charge in [-0.15, -0.1) is 0 Å². The maximum atomic E-state index is 12.2. The largest absolute Gasteiger partial charge is 0.466 e. The Bertz CT molecular complexity index is 280. The first kappa shape index (κ1) is 18.2. The molecule has 1 atom stereocenters. The number of ether oxygens (including phenoxy) is 1. The van der Waals surface area contributed by atoms with Gasteiger partial charge in [0.25, 0.3) is 0 Å². The molecular weight excluding hydrogens is 259 g/mol. The molecule has 0 fully saturated rings. The molecule has 0 aliphatic rings. The average Bonchev–Trinajstić information content (AvgIpc) is 2.25. The second-order valence-corrected chi connectivity index (χ2v) is 5.27. The highest BCUT2D eigenvalue weighted by molar-refractivity contribution is 5.77. The van der Waals surface area contributed by atoms with Crippen LogP contribution in [0.4, 0.5) is 13.2 Å². The molecule has 0 aromatic carbocycles. The van der Waals surface area contributed by atoms with Crippen molar-refractivity contribution in [3.8, 4) is 0 Å². The number of halogens is 3. The molecule has 0 aromatic heterocycles. The van der Waals surface area contributed by atoms with Crippen LogP contribution in [0.15, 0.2) is 0 Å². The van der Waals surface area contributed by atoms with E-state index in [1.165, 1.54) is 0 Å². The Labute approximate surface area is 112 Å². The fraction of sp³-hybridized carbons (Fsp3) is 0.923. The summed E-state index contributed by atoms with van der Waals surface area (Å²) in [4.78, 5) is 12.0. The molecule has 2 N–H and O–H groups in total. The summed E-state index contributed by atoms with van der Waals surface area (Å²) in [6.07, 6.45) is -4.65. The Morgan fingerprint density at radius 2 is 1.84 bits per heavy atom. The fourth-order valence-electron chi connectivity index (χ4n) is 2.25. The molecule has 1 unspecified atom stereocenters. The predicted molar refractivity (Wildman–Crippen MR) is 67.5 cm³/mol. The molecule has 0 saturated carbocycles. The van der Waals surface area contributed by atoms with Crippen LogP contribution in [0.1, 0.15) is 46.5 Å². The van der Waals surface area contributed by atoms with Crippen molar-refractivity contribution in [3.63, 3.8) is 0 Å². The van der Waals surface area contributed by atoms with Gasteiger partial charge in [-0.1, -0.05) is 13.8 Å². The second-order valence-electron chi connectivity index (χ2n) is 5.27. The van der Waals surface area contributed by atoms with Gasteiger partial charge in [-0.25, -0.2) is 0 Å². The Morgan fingerprint density at radius 3 is 2.21 bits per heavy atom. The number of hydrogen-bond donors (Lipinski definition) is 1. The van der Waals surface area contributed by atoms with Gasteiger partial charge < -0.3 is 10.5 Å². The molecule has 0 bridgehead atoms. The summed E-state index contributed by atoms with van der Waals surface area (Å²) in [5.74, 6) is -0.313. The first-order valence-corrected chi connectivity index (χ1v) is 6.61. The molecule has 3 nitrogen and oxygen atoms in total. The van der Waals surface area contributed by atoms with Gasteiger partial charge in [0.15, 0.2) is 0 Å². The number of carbonyl (C=O) groups excluding carboxylic acids is 1. The number of carbonyl (C=O) groups is 1.